The van der Waals surface area contributed by atoms with Gasteiger partial charge in [0.1, 0.15) is 11.7 Å². The molecule has 2 heterocycles. The van der Waals surface area contributed by atoms with E-state index in [0.29, 0.717) is 24.0 Å². The smallest absolute Gasteiger partial charge is 0.308 e. The summed E-state index contributed by atoms with van der Waals surface area (Å²) in [7, 11) is 3.99. The summed E-state index contributed by atoms with van der Waals surface area (Å²) in [4.78, 5) is 14.4. The Hall–Kier alpha value is -1.89. The second-order valence-electron chi connectivity index (χ2n) is 11.2. The third-order valence-electron chi connectivity index (χ3n) is 9.82. The van der Waals surface area contributed by atoms with E-state index in [-0.39, 0.29) is 28.8 Å². The number of fused-ring (bicyclic) bond motifs is 1. The zero-order valence-electron chi connectivity index (χ0n) is 20.3. The predicted octanol–water partition coefficient (Wildman–Crippen LogP) is 3.38. The highest BCUT2D eigenvalue weighted by molar-refractivity contribution is 5.73. The van der Waals surface area contributed by atoms with Gasteiger partial charge in [-0.2, -0.15) is 0 Å². The number of benzene rings is 1. The number of esters is 1. The molecular formula is C27H35NO5. The van der Waals surface area contributed by atoms with Crippen LogP contribution in [0.25, 0.3) is 0 Å². The average molecular weight is 454 g/mol. The first kappa shape index (κ1) is 21.6. The molecule has 2 fully saturated rings. The Morgan fingerprint density at radius 3 is 2.85 bits per heavy atom. The van der Waals surface area contributed by atoms with E-state index >= 15 is 0 Å². The third kappa shape index (κ3) is 2.33. The molecule has 1 saturated carbocycles. The molecule has 2 aliphatic heterocycles. The topological polar surface area (TPSA) is 68.2 Å². The van der Waals surface area contributed by atoms with E-state index in [9.17, 15) is 9.90 Å². The molecule has 7 rings (SSSR count). The van der Waals surface area contributed by atoms with Crippen molar-refractivity contribution in [2.24, 2.45) is 11.3 Å². The Kier molecular flexibility index (Phi) is 4.34. The van der Waals surface area contributed by atoms with Crippen molar-refractivity contribution in [3.63, 3.8) is 0 Å². The van der Waals surface area contributed by atoms with Crippen molar-refractivity contribution in [3.8, 4) is 11.5 Å². The van der Waals surface area contributed by atoms with Gasteiger partial charge in [-0.25, -0.2) is 0 Å². The van der Waals surface area contributed by atoms with E-state index < -0.39 is 11.2 Å². The van der Waals surface area contributed by atoms with Gasteiger partial charge >= 0.3 is 5.97 Å². The SMILES string of the molecule is CCC[C@@](C)(O)[C@H]1C[C@@]23C=C[C@]1(OC)[C@@H]1Oc4c(OC(C)=O)ccc5c4[C@@]12CCN(C)[C@@H]3C5. The number of likely N-dealkylation sites (tertiary alicyclic amines) is 1. The number of carbonyl (C=O) groups is 1. The minimum Gasteiger partial charge on any atom is -0.482 e. The highest BCUT2D eigenvalue weighted by atomic mass is 16.6. The lowest BCUT2D eigenvalue weighted by Gasteiger charge is -2.72. The quantitative estimate of drug-likeness (QED) is 0.419. The molecule has 33 heavy (non-hydrogen) atoms. The molecule has 0 amide bonds. The highest BCUT2D eigenvalue weighted by Crippen LogP contribution is 2.75. The summed E-state index contributed by atoms with van der Waals surface area (Å²) < 4.78 is 18.9. The number of rotatable bonds is 5. The van der Waals surface area contributed by atoms with E-state index in [2.05, 4.69) is 37.1 Å². The third-order valence-corrected chi connectivity index (χ3v) is 9.82. The minimum atomic E-state index is -0.881. The van der Waals surface area contributed by atoms with Crippen LogP contribution in [0.2, 0.25) is 0 Å². The lowest BCUT2D eigenvalue weighted by molar-refractivity contribution is -0.247. The van der Waals surface area contributed by atoms with Crippen molar-refractivity contribution in [1.29, 1.82) is 0 Å². The van der Waals surface area contributed by atoms with Gasteiger partial charge in [-0.15, -0.1) is 0 Å². The molecule has 178 valence electrons. The van der Waals surface area contributed by atoms with Crippen LogP contribution in [0, 0.1) is 11.3 Å². The van der Waals surface area contributed by atoms with E-state index in [0.717, 1.165) is 32.2 Å². The second-order valence-corrected chi connectivity index (χ2v) is 11.2. The molecule has 6 heteroatoms. The van der Waals surface area contributed by atoms with Crippen molar-refractivity contribution in [1.82, 2.24) is 4.90 Å². The second kappa shape index (κ2) is 6.61. The van der Waals surface area contributed by atoms with E-state index in [4.69, 9.17) is 14.2 Å². The maximum Gasteiger partial charge on any atom is 0.308 e. The van der Waals surface area contributed by atoms with Crippen molar-refractivity contribution in [3.05, 3.63) is 35.4 Å². The molecule has 0 unspecified atom stereocenters. The molecule has 1 aromatic rings. The summed E-state index contributed by atoms with van der Waals surface area (Å²) >= 11 is 0. The van der Waals surface area contributed by atoms with Crippen molar-refractivity contribution in [2.75, 3.05) is 20.7 Å². The summed E-state index contributed by atoms with van der Waals surface area (Å²) in [5, 5.41) is 11.8. The molecule has 0 aromatic heterocycles. The number of piperidine rings is 1. The summed E-state index contributed by atoms with van der Waals surface area (Å²) in [6.07, 6.45) is 8.69. The molecule has 7 atom stereocenters. The maximum atomic E-state index is 11.9. The Morgan fingerprint density at radius 2 is 2.15 bits per heavy atom. The fourth-order valence-electron chi connectivity index (χ4n) is 8.67. The number of likely N-dealkylation sites (N-methyl/N-ethyl adjacent to an activating group) is 1. The van der Waals surface area contributed by atoms with Crippen LogP contribution < -0.4 is 9.47 Å². The molecule has 6 nitrogen and oxygen atoms in total. The Labute approximate surface area is 195 Å². The Bertz CT molecular complexity index is 1060. The first-order chi connectivity index (χ1) is 15.7. The molecule has 1 N–H and O–H groups in total. The number of nitrogens with zero attached hydrogens (tertiary/aromatic N) is 1. The lowest BCUT2D eigenvalue weighted by atomic mass is 9.36. The first-order valence-electron chi connectivity index (χ1n) is 12.4. The van der Waals surface area contributed by atoms with E-state index in [1.54, 1.807) is 7.11 Å². The minimum absolute atomic E-state index is 0.0971. The summed E-state index contributed by atoms with van der Waals surface area (Å²) in [6.45, 7) is 6.50. The number of hydrogen-bond acceptors (Lipinski definition) is 6. The van der Waals surface area contributed by atoms with Crippen LogP contribution in [0.5, 0.6) is 11.5 Å². The predicted molar refractivity (Wildman–Crippen MR) is 124 cm³/mol. The zero-order valence-corrected chi connectivity index (χ0v) is 20.3. The number of aliphatic hydroxyl groups is 1. The van der Waals surface area contributed by atoms with Crippen molar-refractivity contribution < 1.29 is 24.1 Å². The van der Waals surface area contributed by atoms with Gasteiger partial charge < -0.3 is 24.2 Å². The molecule has 4 aliphatic carbocycles. The molecule has 0 radical (unpaired) electrons. The Morgan fingerprint density at radius 1 is 1.36 bits per heavy atom. The van der Waals surface area contributed by atoms with Gasteiger partial charge in [0, 0.05) is 37.0 Å². The van der Waals surface area contributed by atoms with Crippen molar-refractivity contribution in [2.45, 2.75) is 81.6 Å². The lowest BCUT2D eigenvalue weighted by Crippen LogP contribution is -2.80. The van der Waals surface area contributed by atoms with Gasteiger partial charge in [0.25, 0.3) is 0 Å². The van der Waals surface area contributed by atoms with Gasteiger partial charge in [-0.05, 0) is 57.8 Å². The van der Waals surface area contributed by atoms with Gasteiger partial charge in [0.15, 0.2) is 11.5 Å². The van der Waals surface area contributed by atoms with Crippen LogP contribution in [-0.2, 0) is 21.4 Å². The van der Waals surface area contributed by atoms with Crippen LogP contribution in [0.3, 0.4) is 0 Å². The van der Waals surface area contributed by atoms with Crippen LogP contribution in [0.15, 0.2) is 24.3 Å². The fraction of sp³-hybridized carbons (Fsp3) is 0.667. The molecule has 1 saturated heterocycles. The highest BCUT2D eigenvalue weighted by Gasteiger charge is 2.80. The van der Waals surface area contributed by atoms with Gasteiger partial charge in [0.2, 0.25) is 0 Å². The number of methoxy groups -OCH3 is 1. The number of hydrogen-bond donors (Lipinski definition) is 1. The maximum absolute atomic E-state index is 11.9. The average Bonchev–Trinajstić information content (AvgIpc) is 3.14. The molecule has 2 spiro atoms. The normalized spacial score (nSPS) is 41.3. The van der Waals surface area contributed by atoms with Crippen LogP contribution in [0.4, 0.5) is 0 Å². The van der Waals surface area contributed by atoms with Gasteiger partial charge in [-0.3, -0.25) is 4.79 Å². The van der Waals surface area contributed by atoms with Crippen LogP contribution in [0.1, 0.15) is 57.6 Å². The molecular weight excluding hydrogens is 418 g/mol. The van der Waals surface area contributed by atoms with E-state index in [1.807, 2.05) is 13.0 Å². The summed E-state index contributed by atoms with van der Waals surface area (Å²) in [6, 6.07) is 4.33. The fourth-order valence-corrected chi connectivity index (χ4v) is 8.67. The van der Waals surface area contributed by atoms with Crippen molar-refractivity contribution >= 4 is 5.97 Å². The standard InChI is InChI=1S/C27H35NO5/c1-6-9-24(3,30)19-15-25-10-11-27(19,31-5)23-26(25)12-13-28(4)20(25)14-17-7-8-18(32-16(2)29)22(33-23)21(17)26/h7-8,10-11,19-20,23,30H,6,9,12-15H2,1-5H3/t19-,20-,23-,24-,25-,26+,27-/m1/s1. The monoisotopic (exact) mass is 453 g/mol. The van der Waals surface area contributed by atoms with Crippen LogP contribution in [-0.4, -0.2) is 60.0 Å². The largest absolute Gasteiger partial charge is 0.482 e. The number of carbonyl (C=O) groups excluding carboxylic acids is 1. The van der Waals surface area contributed by atoms with E-state index in [1.165, 1.54) is 18.1 Å². The number of ether oxygens (including phenoxy) is 3. The van der Waals surface area contributed by atoms with Gasteiger partial charge in [-0.1, -0.05) is 31.6 Å². The van der Waals surface area contributed by atoms with Crippen LogP contribution >= 0.6 is 0 Å². The molecule has 6 aliphatic rings. The first-order valence-corrected chi connectivity index (χ1v) is 12.4. The Balaban J connectivity index is 1.63. The molecule has 4 bridgehead atoms. The van der Waals surface area contributed by atoms with Gasteiger partial charge in [0.05, 0.1) is 11.0 Å². The zero-order chi connectivity index (χ0) is 23.4. The molecule has 1 aromatic carbocycles. The summed E-state index contributed by atoms with van der Waals surface area (Å²) in [5.74, 6) is 0.765. The summed E-state index contributed by atoms with van der Waals surface area (Å²) in [5.41, 5.74) is 0.452.